The normalized spacial score (nSPS) is 48.1. The first-order valence-electron chi connectivity index (χ1n) is 14.8. The van der Waals surface area contributed by atoms with Gasteiger partial charge in [0, 0.05) is 35.9 Å². The Morgan fingerprint density at radius 2 is 1.88 bits per heavy atom. The van der Waals surface area contributed by atoms with Gasteiger partial charge in [-0.3, -0.25) is 14.4 Å². The molecule has 11 atom stereocenters. The predicted octanol–water partition coefficient (Wildman–Crippen LogP) is 2.72. The molecule has 1 spiro atoms. The zero-order valence-electron chi connectivity index (χ0n) is 23.8. The molecule has 6 aliphatic rings. The number of nitrogens with one attached hydrogen (secondary N) is 2. The summed E-state index contributed by atoms with van der Waals surface area (Å²) in [6.45, 7) is 7.46. The molecule has 0 aromatic heterocycles. The van der Waals surface area contributed by atoms with Gasteiger partial charge in [0.05, 0.1) is 11.7 Å². The lowest BCUT2D eigenvalue weighted by Gasteiger charge is -2.50. The largest absolute Gasteiger partial charge is 0.389 e. The molecule has 1 amide bonds. The second-order valence-corrected chi connectivity index (χ2v) is 13.3. The van der Waals surface area contributed by atoms with Crippen LogP contribution in [0.5, 0.6) is 0 Å². The number of benzene rings is 1. The van der Waals surface area contributed by atoms with Crippen LogP contribution in [0.25, 0.3) is 0 Å². The zero-order valence-corrected chi connectivity index (χ0v) is 23.8. The van der Waals surface area contributed by atoms with Crippen LogP contribution in [0.2, 0.25) is 0 Å². The van der Waals surface area contributed by atoms with Crippen molar-refractivity contribution in [1.29, 1.82) is 0 Å². The zero-order chi connectivity index (χ0) is 29.1. The van der Waals surface area contributed by atoms with E-state index in [0.717, 1.165) is 11.3 Å². The van der Waals surface area contributed by atoms with E-state index in [-0.39, 0.29) is 43.1 Å². The van der Waals surface area contributed by atoms with Gasteiger partial charge >= 0.3 is 0 Å². The van der Waals surface area contributed by atoms with Crippen LogP contribution < -0.4 is 10.6 Å². The molecule has 4 heterocycles. The summed E-state index contributed by atoms with van der Waals surface area (Å²) in [5.41, 5.74) is -2.24. The minimum atomic E-state index is -1.62. The fourth-order valence-corrected chi connectivity index (χ4v) is 8.96. The molecule has 218 valence electrons. The monoisotopic (exact) mass is 562 g/mol. The molecule has 2 aliphatic carbocycles. The van der Waals surface area contributed by atoms with E-state index in [1.807, 2.05) is 63.3 Å². The number of fused-ring (bicyclic) bond motifs is 4. The standard InChI is InChI=1S/C32H38N2O7/c1-16-8-7-10-20-26(38)29(4)18(3)25-31(41-29,15-30-19-9-5-6-11-21(19)33-28(30)40-30)34-27(39)32(20,25)23(36)13-12-22(35)24(37)17(2)14-16/h5-7,9-11,14,16,18,20,22,25-26,28,33,35,38H,8,12-13,15H2,1-4H3,(H,34,39). The number of para-hydroxylation sites is 1. The Morgan fingerprint density at radius 3 is 2.66 bits per heavy atom. The summed E-state index contributed by atoms with van der Waals surface area (Å²) < 4.78 is 13.1. The van der Waals surface area contributed by atoms with Crippen molar-refractivity contribution >= 4 is 23.2 Å². The number of ketones is 2. The Kier molecular flexibility index (Phi) is 5.66. The van der Waals surface area contributed by atoms with Gasteiger partial charge < -0.3 is 30.3 Å². The minimum Gasteiger partial charge on any atom is -0.389 e. The van der Waals surface area contributed by atoms with Gasteiger partial charge in [0.1, 0.15) is 28.6 Å². The molecule has 3 saturated heterocycles. The number of carbonyl (C=O) groups excluding carboxylic acids is 3. The van der Waals surface area contributed by atoms with Crippen LogP contribution >= 0.6 is 0 Å². The summed E-state index contributed by atoms with van der Waals surface area (Å²) in [6, 6.07) is 7.90. The van der Waals surface area contributed by atoms with E-state index < -0.39 is 58.1 Å². The van der Waals surface area contributed by atoms with Crippen LogP contribution in [-0.4, -0.2) is 57.4 Å². The van der Waals surface area contributed by atoms with Gasteiger partial charge in [0.25, 0.3) is 0 Å². The van der Waals surface area contributed by atoms with Crippen LogP contribution in [0, 0.1) is 29.1 Å². The van der Waals surface area contributed by atoms with Crippen molar-refractivity contribution in [2.24, 2.45) is 29.1 Å². The summed E-state index contributed by atoms with van der Waals surface area (Å²) in [6.07, 6.45) is 3.34. The first-order chi connectivity index (χ1) is 19.4. The first-order valence-corrected chi connectivity index (χ1v) is 14.8. The van der Waals surface area contributed by atoms with E-state index in [1.54, 1.807) is 6.92 Å². The summed E-state index contributed by atoms with van der Waals surface area (Å²) in [4.78, 5) is 41.6. The van der Waals surface area contributed by atoms with Crippen molar-refractivity contribution in [2.75, 3.05) is 5.32 Å². The van der Waals surface area contributed by atoms with Crippen LogP contribution in [-0.2, 0) is 29.5 Å². The number of anilines is 1. The van der Waals surface area contributed by atoms with Crippen molar-refractivity contribution in [3.8, 4) is 0 Å². The van der Waals surface area contributed by atoms with Gasteiger partial charge in [0.15, 0.2) is 12.0 Å². The van der Waals surface area contributed by atoms with Gasteiger partial charge in [-0.25, -0.2) is 0 Å². The van der Waals surface area contributed by atoms with E-state index in [4.69, 9.17) is 9.47 Å². The fourth-order valence-electron chi connectivity index (χ4n) is 8.96. The molecule has 4 fully saturated rings. The summed E-state index contributed by atoms with van der Waals surface area (Å²) in [5.74, 6) is -3.07. The number of carbonyl (C=O) groups is 3. The second-order valence-electron chi connectivity index (χ2n) is 13.3. The predicted molar refractivity (Wildman–Crippen MR) is 148 cm³/mol. The molecule has 4 N–H and O–H groups in total. The number of rotatable bonds is 2. The first kappa shape index (κ1) is 27.0. The lowest BCUT2D eigenvalue weighted by molar-refractivity contribution is -0.194. The number of hydrogen-bond donors (Lipinski definition) is 4. The van der Waals surface area contributed by atoms with Crippen LogP contribution in [0.3, 0.4) is 0 Å². The maximum Gasteiger partial charge on any atom is 0.237 e. The topological polar surface area (TPSA) is 137 Å². The Hall–Kier alpha value is -2.85. The number of aliphatic hydroxyl groups excluding tert-OH is 2. The molecule has 0 radical (unpaired) electrons. The molecule has 9 nitrogen and oxygen atoms in total. The van der Waals surface area contributed by atoms with Gasteiger partial charge in [-0.05, 0) is 50.2 Å². The molecule has 7 rings (SSSR count). The number of hydrogen-bond acceptors (Lipinski definition) is 8. The Balaban J connectivity index is 1.35. The number of allylic oxidation sites excluding steroid dienone is 2. The SMILES string of the molecule is CC1=CC(C)CC=CC2C(O)C3(C)OC4(CC56OC5Nc5ccccc56)NC(=O)C2(C(=O)CCC(O)C1=O)C4C3C. The highest BCUT2D eigenvalue weighted by atomic mass is 16.6. The average molecular weight is 563 g/mol. The van der Waals surface area contributed by atoms with E-state index in [1.165, 1.54) is 0 Å². The number of aliphatic hydroxyl groups is 2. The maximum absolute atomic E-state index is 14.4. The van der Waals surface area contributed by atoms with Crippen molar-refractivity contribution in [1.82, 2.24) is 5.32 Å². The molecule has 41 heavy (non-hydrogen) atoms. The van der Waals surface area contributed by atoms with E-state index in [2.05, 4.69) is 10.6 Å². The summed E-state index contributed by atoms with van der Waals surface area (Å²) in [7, 11) is 0. The van der Waals surface area contributed by atoms with Crippen LogP contribution in [0.1, 0.15) is 58.9 Å². The third kappa shape index (κ3) is 3.34. The third-order valence-corrected chi connectivity index (χ3v) is 11.0. The highest BCUT2D eigenvalue weighted by Gasteiger charge is 2.84. The number of ether oxygens (including phenoxy) is 2. The van der Waals surface area contributed by atoms with Crippen LogP contribution in [0.4, 0.5) is 5.69 Å². The minimum absolute atomic E-state index is 0.0208. The Morgan fingerprint density at radius 1 is 1.12 bits per heavy atom. The summed E-state index contributed by atoms with van der Waals surface area (Å²) in [5, 5.41) is 29.2. The molecule has 1 saturated carbocycles. The van der Waals surface area contributed by atoms with Gasteiger partial charge in [-0.1, -0.05) is 50.3 Å². The molecule has 9 heteroatoms. The molecule has 11 unspecified atom stereocenters. The highest BCUT2D eigenvalue weighted by molar-refractivity contribution is 6.10. The van der Waals surface area contributed by atoms with Crippen LogP contribution in [0.15, 0.2) is 48.1 Å². The molecule has 1 aromatic rings. The molecule has 2 bridgehead atoms. The van der Waals surface area contributed by atoms with Gasteiger partial charge in [-0.2, -0.15) is 0 Å². The summed E-state index contributed by atoms with van der Waals surface area (Å²) >= 11 is 0. The smallest absolute Gasteiger partial charge is 0.237 e. The molecular formula is C32H38N2O7. The quantitative estimate of drug-likeness (QED) is 0.245. The number of epoxide rings is 1. The lowest BCUT2D eigenvalue weighted by atomic mass is 9.50. The van der Waals surface area contributed by atoms with Crippen molar-refractivity contribution in [2.45, 2.75) is 88.7 Å². The Bertz CT molecular complexity index is 1420. The molecule has 4 aliphatic heterocycles. The number of Topliss-reactive ketones (excluding diaryl/α,β-unsaturated/α-hetero) is 2. The third-order valence-electron chi connectivity index (χ3n) is 11.0. The average Bonchev–Trinajstić information content (AvgIpc) is 3.35. The van der Waals surface area contributed by atoms with Crippen molar-refractivity contribution < 1.29 is 34.1 Å². The van der Waals surface area contributed by atoms with E-state index in [9.17, 15) is 24.6 Å². The maximum atomic E-state index is 14.4. The van der Waals surface area contributed by atoms with E-state index in [0.29, 0.717) is 12.0 Å². The number of amides is 1. The lowest BCUT2D eigenvalue weighted by Crippen LogP contribution is -2.64. The van der Waals surface area contributed by atoms with Gasteiger partial charge in [0.2, 0.25) is 5.91 Å². The Labute approximate surface area is 239 Å². The van der Waals surface area contributed by atoms with E-state index >= 15 is 0 Å². The molecular weight excluding hydrogens is 524 g/mol. The highest BCUT2D eigenvalue weighted by Crippen LogP contribution is 2.71. The van der Waals surface area contributed by atoms with Crippen molar-refractivity contribution in [3.63, 3.8) is 0 Å². The second kappa shape index (κ2) is 8.60. The molecule has 1 aromatic carbocycles. The van der Waals surface area contributed by atoms with Crippen molar-refractivity contribution in [3.05, 3.63) is 53.6 Å². The fraction of sp³-hybridized carbons (Fsp3) is 0.594. The van der Waals surface area contributed by atoms with Gasteiger partial charge in [-0.15, -0.1) is 0 Å².